The van der Waals surface area contributed by atoms with Crippen molar-refractivity contribution in [3.8, 4) is 0 Å². The molecule has 0 saturated heterocycles. The number of allylic oxidation sites excluding steroid dienone is 1. The molecular weight excluding hydrogens is 637 g/mol. The zero-order chi connectivity index (χ0) is 35.5. The highest BCUT2D eigenvalue weighted by molar-refractivity contribution is 7.98. The standard InChI is InChI=1S/C40H56O6SSi/c1-11-29(4)34-24-22-30(5)37(46-48(40(7,8)9,32-18-14-12-15-19-32)33-20-16-13-17-21-33)38(45-36(41)26-28(2)3)35(43-27-47-10)25-23-31(6)39(42)44-34/h11-23,28,34-35,37-38H,24-27H2,1-10H3/b29-11-,30-22+,31-23-. The molecule has 3 rings (SSSR count). The average Bonchev–Trinajstić information content (AvgIpc) is 3.05. The van der Waals surface area contributed by atoms with Crippen LogP contribution in [0.4, 0.5) is 0 Å². The molecule has 4 atom stereocenters. The van der Waals surface area contributed by atoms with Gasteiger partial charge in [0.05, 0.1) is 5.94 Å². The monoisotopic (exact) mass is 692 g/mol. The molecule has 0 N–H and O–H groups in total. The molecule has 1 heterocycles. The Kier molecular flexibility index (Phi) is 15.0. The zero-order valence-electron chi connectivity index (χ0n) is 30.6. The molecule has 1 aliphatic heterocycles. The van der Waals surface area contributed by atoms with E-state index in [0.29, 0.717) is 24.4 Å². The topological polar surface area (TPSA) is 71.1 Å². The number of hydrogen-bond donors (Lipinski definition) is 0. The van der Waals surface area contributed by atoms with Gasteiger partial charge in [-0.2, -0.15) is 0 Å². The quantitative estimate of drug-likeness (QED) is 0.102. The maximum atomic E-state index is 13.6. The Labute approximate surface area is 294 Å². The fourth-order valence-electron chi connectivity index (χ4n) is 6.14. The number of thioether (sulfide) groups is 1. The summed E-state index contributed by atoms with van der Waals surface area (Å²) < 4.78 is 26.8. The van der Waals surface area contributed by atoms with Crippen LogP contribution < -0.4 is 10.4 Å². The Balaban J connectivity index is 2.38. The lowest BCUT2D eigenvalue weighted by atomic mass is 9.95. The minimum Gasteiger partial charge on any atom is -0.456 e. The predicted molar refractivity (Wildman–Crippen MR) is 201 cm³/mol. The van der Waals surface area contributed by atoms with Gasteiger partial charge >= 0.3 is 11.9 Å². The fourth-order valence-corrected chi connectivity index (χ4v) is 11.2. The van der Waals surface area contributed by atoms with Crippen LogP contribution in [0.3, 0.4) is 0 Å². The van der Waals surface area contributed by atoms with Crippen molar-refractivity contribution in [2.24, 2.45) is 5.92 Å². The first-order valence-corrected chi connectivity index (χ1v) is 20.3. The second-order valence-electron chi connectivity index (χ2n) is 14.1. The van der Waals surface area contributed by atoms with E-state index in [1.54, 1.807) is 18.7 Å². The summed E-state index contributed by atoms with van der Waals surface area (Å²) in [6.45, 7) is 18.5. The Morgan fingerprint density at radius 2 is 1.58 bits per heavy atom. The highest BCUT2D eigenvalue weighted by Crippen LogP contribution is 2.40. The molecule has 2 aromatic rings. The molecule has 4 unspecified atom stereocenters. The maximum absolute atomic E-state index is 13.6. The molecule has 262 valence electrons. The molecule has 0 bridgehead atoms. The van der Waals surface area contributed by atoms with E-state index in [1.807, 2.05) is 65.2 Å². The molecule has 0 saturated carbocycles. The number of ether oxygens (including phenoxy) is 3. The summed E-state index contributed by atoms with van der Waals surface area (Å²) in [4.78, 5) is 26.9. The van der Waals surface area contributed by atoms with Crippen molar-refractivity contribution in [1.29, 1.82) is 0 Å². The number of benzene rings is 2. The van der Waals surface area contributed by atoms with E-state index in [-0.39, 0.29) is 29.3 Å². The van der Waals surface area contributed by atoms with Crippen molar-refractivity contribution in [3.63, 3.8) is 0 Å². The van der Waals surface area contributed by atoms with Gasteiger partial charge in [0.15, 0.2) is 6.10 Å². The van der Waals surface area contributed by atoms with Crippen molar-refractivity contribution < 1.29 is 28.2 Å². The Hall–Kier alpha value is -2.91. The normalized spacial score (nSPS) is 24.0. The molecule has 0 radical (unpaired) electrons. The van der Waals surface area contributed by atoms with Gasteiger partial charge in [-0.15, -0.1) is 11.8 Å². The second-order valence-corrected chi connectivity index (χ2v) is 19.2. The summed E-state index contributed by atoms with van der Waals surface area (Å²) in [7, 11) is -3.13. The van der Waals surface area contributed by atoms with Gasteiger partial charge in [-0.25, -0.2) is 4.79 Å². The summed E-state index contributed by atoms with van der Waals surface area (Å²) in [5.74, 6) is -0.169. The molecule has 0 spiro atoms. The van der Waals surface area contributed by atoms with Crippen LogP contribution in [0.2, 0.25) is 5.04 Å². The fraction of sp³-hybridized carbons (Fsp3) is 0.500. The van der Waals surface area contributed by atoms with Crippen molar-refractivity contribution in [3.05, 3.63) is 95.6 Å². The third-order valence-electron chi connectivity index (χ3n) is 8.92. The zero-order valence-corrected chi connectivity index (χ0v) is 32.4. The summed E-state index contributed by atoms with van der Waals surface area (Å²) in [6, 6.07) is 21.0. The number of cyclic esters (lactones) is 1. The third kappa shape index (κ3) is 10.1. The molecule has 6 nitrogen and oxygen atoms in total. The smallest absolute Gasteiger partial charge is 0.333 e. The Morgan fingerprint density at radius 3 is 2.08 bits per heavy atom. The SMILES string of the molecule is C/C=C(/C)C1C/C=C(\C)C(O[Si](c2ccccc2)(c2ccccc2)C(C)(C)C)C(OC(=O)CC(C)C)C(OCSC)C/C=C(/C)C(=O)O1. The van der Waals surface area contributed by atoms with E-state index < -0.39 is 32.7 Å². The summed E-state index contributed by atoms with van der Waals surface area (Å²) in [5.41, 5.74) is 2.34. The van der Waals surface area contributed by atoms with Gasteiger partial charge < -0.3 is 18.6 Å². The van der Waals surface area contributed by atoms with Crippen molar-refractivity contribution in [2.75, 3.05) is 12.2 Å². The van der Waals surface area contributed by atoms with E-state index in [0.717, 1.165) is 21.5 Å². The van der Waals surface area contributed by atoms with E-state index in [9.17, 15) is 9.59 Å². The second kappa shape index (κ2) is 18.2. The Bertz CT molecular complexity index is 1390. The maximum Gasteiger partial charge on any atom is 0.333 e. The Morgan fingerprint density at radius 1 is 1.00 bits per heavy atom. The van der Waals surface area contributed by atoms with Gasteiger partial charge in [-0.3, -0.25) is 4.79 Å². The van der Waals surface area contributed by atoms with E-state index in [4.69, 9.17) is 18.6 Å². The van der Waals surface area contributed by atoms with Gasteiger partial charge in [-0.05, 0) is 72.8 Å². The lowest BCUT2D eigenvalue weighted by Crippen LogP contribution is -2.69. The summed E-state index contributed by atoms with van der Waals surface area (Å²) in [6.07, 6.45) is 6.45. The predicted octanol–water partition coefficient (Wildman–Crippen LogP) is 8.16. The van der Waals surface area contributed by atoms with Crippen LogP contribution in [0.15, 0.2) is 95.6 Å². The van der Waals surface area contributed by atoms with Crippen molar-refractivity contribution in [1.82, 2.24) is 0 Å². The van der Waals surface area contributed by atoms with Crippen molar-refractivity contribution in [2.45, 2.75) is 111 Å². The molecule has 0 aliphatic carbocycles. The van der Waals surface area contributed by atoms with E-state index in [2.05, 4.69) is 75.4 Å². The van der Waals surface area contributed by atoms with E-state index >= 15 is 0 Å². The number of carbonyl (C=O) groups excluding carboxylic acids is 2. The molecule has 48 heavy (non-hydrogen) atoms. The van der Waals surface area contributed by atoms with Gasteiger partial charge in [0.2, 0.25) is 0 Å². The first-order valence-electron chi connectivity index (χ1n) is 17.0. The number of carbonyl (C=O) groups is 2. The van der Waals surface area contributed by atoms with Crippen LogP contribution in [-0.4, -0.2) is 56.9 Å². The summed E-state index contributed by atoms with van der Waals surface area (Å²) in [5, 5.41) is 1.94. The molecule has 1 aliphatic rings. The van der Waals surface area contributed by atoms with Crippen LogP contribution in [0, 0.1) is 5.92 Å². The minimum absolute atomic E-state index is 0.114. The number of esters is 2. The lowest BCUT2D eigenvalue weighted by Gasteiger charge is -2.47. The van der Waals surface area contributed by atoms with Crippen LogP contribution in [0.5, 0.6) is 0 Å². The molecule has 0 fully saturated rings. The highest BCUT2D eigenvalue weighted by atomic mass is 32.2. The third-order valence-corrected chi connectivity index (χ3v) is 14.3. The van der Waals surface area contributed by atoms with Gasteiger partial charge in [0.25, 0.3) is 8.32 Å². The van der Waals surface area contributed by atoms with Crippen LogP contribution >= 0.6 is 11.8 Å². The van der Waals surface area contributed by atoms with Crippen LogP contribution in [0.25, 0.3) is 0 Å². The van der Waals surface area contributed by atoms with Crippen LogP contribution in [-0.2, 0) is 28.2 Å². The highest BCUT2D eigenvalue weighted by Gasteiger charge is 2.53. The van der Waals surface area contributed by atoms with Gasteiger partial charge in [0.1, 0.15) is 18.3 Å². The van der Waals surface area contributed by atoms with Crippen LogP contribution in [0.1, 0.15) is 81.6 Å². The number of rotatable bonds is 11. The summed E-state index contributed by atoms with van der Waals surface area (Å²) >= 11 is 1.55. The van der Waals surface area contributed by atoms with E-state index in [1.165, 1.54) is 0 Å². The minimum atomic E-state index is -3.13. The first kappa shape index (κ1) is 39.5. The molecule has 0 amide bonds. The van der Waals surface area contributed by atoms with Gasteiger partial charge in [-0.1, -0.05) is 114 Å². The molecular formula is C40H56O6SSi. The molecule has 2 aromatic carbocycles. The molecule has 8 heteroatoms. The first-order chi connectivity index (χ1) is 22.7. The average molecular weight is 693 g/mol. The largest absolute Gasteiger partial charge is 0.456 e. The van der Waals surface area contributed by atoms with Crippen molar-refractivity contribution >= 4 is 42.4 Å². The molecule has 0 aromatic heterocycles. The number of hydrogen-bond acceptors (Lipinski definition) is 7. The van der Waals surface area contributed by atoms with Gasteiger partial charge in [0, 0.05) is 18.4 Å². The lowest BCUT2D eigenvalue weighted by molar-refractivity contribution is -0.164.